The van der Waals surface area contributed by atoms with Gasteiger partial charge in [0.2, 0.25) is 0 Å². The van der Waals surface area contributed by atoms with Crippen molar-refractivity contribution in [3.05, 3.63) is 29.3 Å². The zero-order valence-electron chi connectivity index (χ0n) is 13.9. The molecule has 0 spiro atoms. The molecule has 1 aromatic heterocycles. The summed E-state index contributed by atoms with van der Waals surface area (Å²) in [6.45, 7) is 3.59. The number of amides is 1. The average Bonchev–Trinajstić information content (AvgIpc) is 3.01. The van der Waals surface area contributed by atoms with Crippen molar-refractivity contribution >= 4 is 33.4 Å². The Morgan fingerprint density at radius 3 is 2.79 bits per heavy atom. The zero-order chi connectivity index (χ0) is 16.9. The number of fused-ring (bicyclic) bond motifs is 1. The Balaban J connectivity index is 1.41. The van der Waals surface area contributed by atoms with Crippen LogP contribution in [0.4, 0.5) is 0 Å². The second-order valence-electron chi connectivity index (χ2n) is 6.30. The lowest BCUT2D eigenvalue weighted by Crippen LogP contribution is -2.40. The van der Waals surface area contributed by atoms with Crippen molar-refractivity contribution in [2.45, 2.75) is 32.6 Å². The van der Waals surface area contributed by atoms with Crippen molar-refractivity contribution in [1.82, 2.24) is 9.88 Å². The highest BCUT2D eigenvalue weighted by molar-refractivity contribution is 7.18. The van der Waals surface area contributed by atoms with Crippen LogP contribution in [-0.2, 0) is 20.7 Å². The van der Waals surface area contributed by atoms with Gasteiger partial charge in [-0.3, -0.25) is 9.59 Å². The van der Waals surface area contributed by atoms with Crippen LogP contribution in [0.25, 0.3) is 10.2 Å². The number of para-hydroxylation sites is 1. The summed E-state index contributed by atoms with van der Waals surface area (Å²) in [5, 5.41) is 0.921. The molecule has 6 heteroatoms. The number of rotatable bonds is 5. The van der Waals surface area contributed by atoms with Gasteiger partial charge < -0.3 is 9.64 Å². The number of esters is 1. The van der Waals surface area contributed by atoms with Gasteiger partial charge in [0.05, 0.1) is 21.6 Å². The Kier molecular flexibility index (Phi) is 5.45. The largest absolute Gasteiger partial charge is 0.456 e. The third-order valence-electron chi connectivity index (χ3n) is 4.37. The number of nitrogens with zero attached hydrogens (tertiary/aromatic N) is 2. The van der Waals surface area contributed by atoms with Crippen molar-refractivity contribution in [2.24, 2.45) is 5.92 Å². The molecule has 1 aliphatic rings. The van der Waals surface area contributed by atoms with Gasteiger partial charge in [-0.05, 0) is 30.9 Å². The Labute approximate surface area is 145 Å². The van der Waals surface area contributed by atoms with Crippen LogP contribution in [0.3, 0.4) is 0 Å². The molecular formula is C18H22N2O3S. The predicted octanol–water partition coefficient (Wildman–Crippen LogP) is 3.03. The first kappa shape index (κ1) is 16.9. The molecule has 0 N–H and O–H groups in total. The molecule has 0 aliphatic carbocycles. The molecule has 2 aromatic rings. The van der Waals surface area contributed by atoms with E-state index in [-0.39, 0.29) is 24.9 Å². The second-order valence-corrected chi connectivity index (χ2v) is 7.41. The number of likely N-dealkylation sites (tertiary alicyclic amines) is 1. The van der Waals surface area contributed by atoms with Crippen molar-refractivity contribution < 1.29 is 14.3 Å². The van der Waals surface area contributed by atoms with Gasteiger partial charge in [0.15, 0.2) is 6.61 Å². The normalized spacial score (nSPS) is 15.6. The first-order valence-electron chi connectivity index (χ1n) is 8.39. The van der Waals surface area contributed by atoms with E-state index in [0.29, 0.717) is 12.3 Å². The number of aromatic nitrogens is 1. The topological polar surface area (TPSA) is 59.5 Å². The predicted molar refractivity (Wildman–Crippen MR) is 93.9 cm³/mol. The maximum atomic E-state index is 12.0. The molecule has 0 radical (unpaired) electrons. The minimum absolute atomic E-state index is 0.0877. The van der Waals surface area contributed by atoms with Crippen LogP contribution in [0.1, 0.15) is 31.2 Å². The molecule has 1 amide bonds. The van der Waals surface area contributed by atoms with Gasteiger partial charge in [-0.25, -0.2) is 4.98 Å². The molecule has 0 saturated carbocycles. The fourth-order valence-electron chi connectivity index (χ4n) is 2.80. The zero-order valence-corrected chi connectivity index (χ0v) is 14.7. The van der Waals surface area contributed by atoms with Gasteiger partial charge in [-0.1, -0.05) is 19.1 Å². The summed E-state index contributed by atoms with van der Waals surface area (Å²) < 4.78 is 6.25. The number of carbonyl (C=O) groups excluding carboxylic acids is 2. The van der Waals surface area contributed by atoms with Crippen molar-refractivity contribution in [3.8, 4) is 0 Å². The van der Waals surface area contributed by atoms with E-state index in [1.54, 1.807) is 16.2 Å². The maximum absolute atomic E-state index is 12.0. The summed E-state index contributed by atoms with van der Waals surface area (Å²) in [4.78, 5) is 30.2. The number of hydrogen-bond acceptors (Lipinski definition) is 5. The van der Waals surface area contributed by atoms with Gasteiger partial charge in [-0.2, -0.15) is 0 Å². The summed E-state index contributed by atoms with van der Waals surface area (Å²) in [5.41, 5.74) is 0.959. The Bertz CT molecular complexity index is 687. The molecule has 128 valence electrons. The molecule has 0 bridgehead atoms. The minimum Gasteiger partial charge on any atom is -0.456 e. The van der Waals surface area contributed by atoms with Crippen molar-refractivity contribution in [1.29, 1.82) is 0 Å². The first-order chi connectivity index (χ1) is 11.6. The smallest absolute Gasteiger partial charge is 0.306 e. The van der Waals surface area contributed by atoms with Gasteiger partial charge in [0.25, 0.3) is 5.91 Å². The summed E-state index contributed by atoms with van der Waals surface area (Å²) in [7, 11) is 0. The average molecular weight is 346 g/mol. The van der Waals surface area contributed by atoms with E-state index >= 15 is 0 Å². The summed E-state index contributed by atoms with van der Waals surface area (Å²) in [5.74, 6) is 0.244. The molecule has 0 atom stereocenters. The molecule has 2 heterocycles. The lowest BCUT2D eigenvalue weighted by atomic mass is 9.99. The molecule has 1 fully saturated rings. The first-order valence-corrected chi connectivity index (χ1v) is 9.21. The van der Waals surface area contributed by atoms with E-state index < -0.39 is 0 Å². The maximum Gasteiger partial charge on any atom is 0.306 e. The Morgan fingerprint density at radius 1 is 1.29 bits per heavy atom. The van der Waals surface area contributed by atoms with E-state index in [0.717, 1.165) is 41.2 Å². The number of carbonyl (C=O) groups is 2. The van der Waals surface area contributed by atoms with E-state index in [1.165, 1.54) is 0 Å². The van der Waals surface area contributed by atoms with Gasteiger partial charge >= 0.3 is 5.97 Å². The van der Waals surface area contributed by atoms with Gasteiger partial charge in [-0.15, -0.1) is 11.3 Å². The van der Waals surface area contributed by atoms with Gasteiger partial charge in [0, 0.05) is 19.5 Å². The molecular weight excluding hydrogens is 324 g/mol. The quantitative estimate of drug-likeness (QED) is 0.781. The number of aryl methyl sites for hydroxylation is 1. The molecule has 3 rings (SSSR count). The van der Waals surface area contributed by atoms with Crippen LogP contribution in [0.5, 0.6) is 0 Å². The number of ether oxygens (including phenoxy) is 1. The lowest BCUT2D eigenvalue weighted by Gasteiger charge is -2.30. The molecule has 24 heavy (non-hydrogen) atoms. The number of piperidine rings is 1. The highest BCUT2D eigenvalue weighted by Crippen LogP contribution is 2.22. The van der Waals surface area contributed by atoms with Gasteiger partial charge in [0.1, 0.15) is 0 Å². The van der Waals surface area contributed by atoms with E-state index in [2.05, 4.69) is 11.9 Å². The van der Waals surface area contributed by atoms with Crippen molar-refractivity contribution in [3.63, 3.8) is 0 Å². The Hall–Kier alpha value is -1.95. The summed E-state index contributed by atoms with van der Waals surface area (Å²) in [6.07, 6.45) is 2.85. The van der Waals surface area contributed by atoms with Crippen LogP contribution >= 0.6 is 11.3 Å². The molecule has 1 aliphatic heterocycles. The lowest BCUT2D eigenvalue weighted by molar-refractivity contribution is -0.152. The fourth-order valence-corrected chi connectivity index (χ4v) is 3.77. The monoisotopic (exact) mass is 346 g/mol. The molecule has 0 unspecified atom stereocenters. The molecule has 1 aromatic carbocycles. The van der Waals surface area contributed by atoms with E-state index in [4.69, 9.17) is 4.74 Å². The van der Waals surface area contributed by atoms with Crippen LogP contribution in [0.15, 0.2) is 24.3 Å². The molecule has 1 saturated heterocycles. The fraction of sp³-hybridized carbons (Fsp3) is 0.500. The van der Waals surface area contributed by atoms with Crippen LogP contribution in [-0.4, -0.2) is 41.5 Å². The number of thiazole rings is 1. The third-order valence-corrected chi connectivity index (χ3v) is 5.47. The minimum atomic E-state index is -0.340. The number of benzene rings is 1. The van der Waals surface area contributed by atoms with E-state index in [1.807, 2.05) is 24.3 Å². The standard InChI is InChI=1S/C18H22N2O3S/c1-13-8-10-20(11-9-13)17(21)12-23-18(22)7-6-16-19-14-4-2-3-5-15(14)24-16/h2-5,13H,6-12H2,1H3. The Morgan fingerprint density at radius 2 is 2.04 bits per heavy atom. The van der Waals surface area contributed by atoms with E-state index in [9.17, 15) is 9.59 Å². The van der Waals surface area contributed by atoms with Crippen LogP contribution < -0.4 is 0 Å². The molecule has 5 nitrogen and oxygen atoms in total. The van der Waals surface area contributed by atoms with Crippen molar-refractivity contribution in [2.75, 3.05) is 19.7 Å². The SMILES string of the molecule is CC1CCN(C(=O)COC(=O)CCc2nc3ccccc3s2)CC1. The summed E-state index contributed by atoms with van der Waals surface area (Å²) >= 11 is 1.59. The highest BCUT2D eigenvalue weighted by Gasteiger charge is 2.21. The summed E-state index contributed by atoms with van der Waals surface area (Å²) in [6, 6.07) is 7.91. The van der Waals surface area contributed by atoms with Crippen LogP contribution in [0, 0.1) is 5.92 Å². The third kappa shape index (κ3) is 4.32. The highest BCUT2D eigenvalue weighted by atomic mass is 32.1. The second kappa shape index (κ2) is 7.75. The van der Waals surface area contributed by atoms with Crippen LogP contribution in [0.2, 0.25) is 0 Å². The number of hydrogen-bond donors (Lipinski definition) is 0.